The molecule has 1 aliphatic rings. The molecule has 2 heterocycles. The van der Waals surface area contributed by atoms with Crippen molar-refractivity contribution in [3.05, 3.63) is 118 Å². The third-order valence-electron chi connectivity index (χ3n) is 7.34. The van der Waals surface area contributed by atoms with Crippen molar-refractivity contribution in [3.8, 4) is 11.5 Å². The molecular weight excluding hydrogens is 588 g/mol. The normalized spacial score (nSPS) is 16.3. The molecule has 4 aromatic rings. The maximum atomic E-state index is 13.9. The van der Waals surface area contributed by atoms with E-state index in [0.717, 1.165) is 35.3 Å². The molecule has 1 atom stereocenters. The van der Waals surface area contributed by atoms with Crippen LogP contribution in [0.2, 0.25) is 0 Å². The topological polar surface area (TPSA) is 93.6 Å². The van der Waals surface area contributed by atoms with E-state index in [1.54, 1.807) is 18.7 Å². The van der Waals surface area contributed by atoms with Gasteiger partial charge in [-0.25, -0.2) is 14.7 Å². The monoisotopic (exact) mass is 624 g/mol. The van der Waals surface area contributed by atoms with E-state index in [9.17, 15) is 9.59 Å². The second-order valence-electron chi connectivity index (χ2n) is 10.4. The van der Waals surface area contributed by atoms with Crippen LogP contribution in [0.15, 0.2) is 101 Å². The minimum absolute atomic E-state index is 0.0631. The Hall–Kier alpha value is -4.96. The minimum Gasteiger partial charge on any atom is -0.497 e. The summed E-state index contributed by atoms with van der Waals surface area (Å²) in [5.41, 5.74) is 3.33. The Labute approximate surface area is 267 Å². The summed E-state index contributed by atoms with van der Waals surface area (Å²) < 4.78 is 17.0. The fourth-order valence-corrected chi connectivity index (χ4v) is 5.40. The summed E-state index contributed by atoms with van der Waals surface area (Å²) in [6, 6.07) is 24.6. The van der Waals surface area contributed by atoms with Gasteiger partial charge in [-0.3, -0.25) is 4.79 Å². The number of unbranched alkanes of at least 4 members (excludes halogenated alkanes) is 1. The Kier molecular flexibility index (Phi) is 10.6. The number of likely N-dealkylation sites (N-methyl/N-ethyl adjacent to an activating group) is 1. The summed E-state index contributed by atoms with van der Waals surface area (Å²) >= 11 is 1.19. The Morgan fingerprint density at radius 1 is 0.978 bits per heavy atom. The largest absolute Gasteiger partial charge is 0.497 e. The SMILES string of the molecule is CCCCOc1ccc(CC2/C(=C/c3ccc(OC)cc3)N(C(=O)OCc3ccccc3)C(=NC(=O)c3nccs3)N2C)cc1. The van der Waals surface area contributed by atoms with Gasteiger partial charge in [0.2, 0.25) is 5.96 Å². The number of methoxy groups -OCH3 is 1. The predicted octanol–water partition coefficient (Wildman–Crippen LogP) is 7.06. The van der Waals surface area contributed by atoms with Gasteiger partial charge in [-0.2, -0.15) is 4.99 Å². The number of carbonyl (C=O) groups excluding carboxylic acids is 2. The van der Waals surface area contributed by atoms with Gasteiger partial charge in [0, 0.05) is 18.6 Å². The minimum atomic E-state index is -0.640. The fraction of sp³-hybridized carbons (Fsp3) is 0.257. The standard InChI is InChI=1S/C35H36N4O5S/c1-4-5-20-43-29-17-13-25(14-18-29)22-30-31(23-26-11-15-28(42-3)16-12-26)39(35(41)44-24-27-9-7-6-8-10-27)34(38(30)2)37-32(40)33-36-19-21-45-33/h6-19,21,23,30H,4-5,20,22,24H2,1-3H3/b31-23-,37-34?. The number of aliphatic imine (C=N–C) groups is 1. The van der Waals surface area contributed by atoms with Crippen molar-refractivity contribution in [1.29, 1.82) is 0 Å². The van der Waals surface area contributed by atoms with Crippen molar-refractivity contribution < 1.29 is 23.8 Å². The van der Waals surface area contributed by atoms with Gasteiger partial charge in [-0.05, 0) is 59.9 Å². The molecule has 1 aliphatic heterocycles. The molecule has 0 N–H and O–H groups in total. The smallest absolute Gasteiger partial charge is 0.421 e. The Morgan fingerprint density at radius 3 is 2.38 bits per heavy atom. The third kappa shape index (κ3) is 7.96. The number of amides is 2. The van der Waals surface area contributed by atoms with Crippen molar-refractivity contribution in [2.24, 2.45) is 4.99 Å². The molecule has 0 saturated carbocycles. The van der Waals surface area contributed by atoms with E-state index in [2.05, 4.69) is 16.9 Å². The summed E-state index contributed by atoms with van der Waals surface area (Å²) in [5.74, 6) is 1.15. The van der Waals surface area contributed by atoms with E-state index in [-0.39, 0.29) is 23.6 Å². The molecule has 0 aliphatic carbocycles. The van der Waals surface area contributed by atoms with Gasteiger partial charge in [-0.15, -0.1) is 11.3 Å². The number of aromatic nitrogens is 1. The molecule has 232 valence electrons. The van der Waals surface area contributed by atoms with Crippen LogP contribution in [0.4, 0.5) is 4.79 Å². The molecule has 3 aromatic carbocycles. The second kappa shape index (κ2) is 15.2. The first kappa shape index (κ1) is 31.5. The van der Waals surface area contributed by atoms with Crippen LogP contribution in [0, 0.1) is 0 Å². The molecule has 1 aromatic heterocycles. The molecule has 10 heteroatoms. The number of ether oxygens (including phenoxy) is 3. The predicted molar refractivity (Wildman–Crippen MR) is 175 cm³/mol. The van der Waals surface area contributed by atoms with Crippen LogP contribution < -0.4 is 9.47 Å². The lowest BCUT2D eigenvalue weighted by molar-refractivity contribution is 0.0999. The van der Waals surface area contributed by atoms with E-state index >= 15 is 0 Å². The first-order valence-corrected chi connectivity index (χ1v) is 15.7. The Bertz CT molecular complexity index is 1620. The summed E-state index contributed by atoms with van der Waals surface area (Å²) in [6.07, 6.45) is 5.42. The van der Waals surface area contributed by atoms with Crippen LogP contribution in [0.1, 0.15) is 46.3 Å². The van der Waals surface area contributed by atoms with Gasteiger partial charge in [-0.1, -0.05) is 67.9 Å². The van der Waals surface area contributed by atoms with E-state index in [1.165, 1.54) is 16.2 Å². The molecule has 0 bridgehead atoms. The molecule has 5 rings (SSSR count). The lowest BCUT2D eigenvalue weighted by Crippen LogP contribution is -2.37. The molecule has 1 unspecified atom stereocenters. The summed E-state index contributed by atoms with van der Waals surface area (Å²) in [5, 5.41) is 1.95. The fourth-order valence-electron chi connectivity index (χ4n) is 4.88. The molecule has 1 fully saturated rings. The van der Waals surface area contributed by atoms with Gasteiger partial charge in [0.25, 0.3) is 0 Å². The number of thiazole rings is 1. The zero-order valence-electron chi connectivity index (χ0n) is 25.6. The number of rotatable bonds is 11. The molecule has 45 heavy (non-hydrogen) atoms. The van der Waals surface area contributed by atoms with Crippen LogP contribution in [0.3, 0.4) is 0 Å². The van der Waals surface area contributed by atoms with Crippen LogP contribution in [-0.2, 0) is 17.8 Å². The Morgan fingerprint density at radius 2 is 1.71 bits per heavy atom. The van der Waals surface area contributed by atoms with Crippen molar-refractivity contribution in [1.82, 2.24) is 14.8 Å². The summed E-state index contributed by atoms with van der Waals surface area (Å²) in [4.78, 5) is 38.9. The lowest BCUT2D eigenvalue weighted by atomic mass is 10.0. The highest BCUT2D eigenvalue weighted by molar-refractivity contribution is 7.11. The molecule has 9 nitrogen and oxygen atoms in total. The molecule has 0 radical (unpaired) electrons. The van der Waals surface area contributed by atoms with Crippen molar-refractivity contribution in [2.45, 2.75) is 38.8 Å². The molecule has 1 saturated heterocycles. The number of hydrogen-bond acceptors (Lipinski definition) is 7. The number of carbonyl (C=O) groups is 2. The molecule has 0 spiro atoms. The highest BCUT2D eigenvalue weighted by atomic mass is 32.1. The number of nitrogens with zero attached hydrogens (tertiary/aromatic N) is 4. The first-order chi connectivity index (χ1) is 22.0. The van der Waals surface area contributed by atoms with Crippen LogP contribution >= 0.6 is 11.3 Å². The summed E-state index contributed by atoms with van der Waals surface area (Å²) in [7, 11) is 3.44. The van der Waals surface area contributed by atoms with Gasteiger partial charge >= 0.3 is 12.0 Å². The quantitative estimate of drug-likeness (QED) is 0.165. The summed E-state index contributed by atoms with van der Waals surface area (Å²) in [6.45, 7) is 2.86. The van der Waals surface area contributed by atoms with E-state index in [4.69, 9.17) is 14.2 Å². The van der Waals surface area contributed by atoms with Gasteiger partial charge in [0.05, 0.1) is 25.5 Å². The molecule has 2 amide bonds. The zero-order chi connectivity index (χ0) is 31.6. The zero-order valence-corrected chi connectivity index (χ0v) is 26.4. The number of benzene rings is 3. The first-order valence-electron chi connectivity index (χ1n) is 14.8. The van der Waals surface area contributed by atoms with E-state index < -0.39 is 12.0 Å². The van der Waals surface area contributed by atoms with Crippen LogP contribution in [0.25, 0.3) is 6.08 Å². The maximum absolute atomic E-state index is 13.9. The van der Waals surface area contributed by atoms with Crippen molar-refractivity contribution in [3.63, 3.8) is 0 Å². The highest BCUT2D eigenvalue weighted by Gasteiger charge is 2.43. The van der Waals surface area contributed by atoms with Crippen LogP contribution in [0.5, 0.6) is 11.5 Å². The van der Waals surface area contributed by atoms with E-state index in [1.807, 2.05) is 96.9 Å². The van der Waals surface area contributed by atoms with Gasteiger partial charge in [0.15, 0.2) is 5.01 Å². The number of hydrogen-bond donors (Lipinski definition) is 0. The van der Waals surface area contributed by atoms with Crippen LogP contribution in [-0.4, -0.2) is 59.5 Å². The lowest BCUT2D eigenvalue weighted by Gasteiger charge is -2.20. The highest BCUT2D eigenvalue weighted by Crippen LogP contribution is 2.32. The second-order valence-corrected chi connectivity index (χ2v) is 11.3. The van der Waals surface area contributed by atoms with Gasteiger partial charge in [0.1, 0.15) is 18.1 Å². The van der Waals surface area contributed by atoms with Crippen molar-refractivity contribution >= 4 is 35.4 Å². The average Bonchev–Trinajstić information content (AvgIpc) is 3.70. The number of guanidine groups is 1. The average molecular weight is 625 g/mol. The molecular formula is C35H36N4O5S. The van der Waals surface area contributed by atoms with Crippen molar-refractivity contribution in [2.75, 3.05) is 20.8 Å². The van der Waals surface area contributed by atoms with Gasteiger partial charge < -0.3 is 19.1 Å². The maximum Gasteiger partial charge on any atom is 0.421 e. The Balaban J connectivity index is 1.53. The third-order valence-corrected chi connectivity index (χ3v) is 8.10. The van der Waals surface area contributed by atoms with E-state index in [0.29, 0.717) is 24.5 Å².